The van der Waals surface area contributed by atoms with E-state index in [4.69, 9.17) is 9.47 Å². The summed E-state index contributed by atoms with van der Waals surface area (Å²) in [6.45, 7) is 2.67. The number of hydrogen-bond donors (Lipinski definition) is 2. The van der Waals surface area contributed by atoms with Crippen molar-refractivity contribution in [2.24, 2.45) is 5.41 Å². The number of carboxylic acids is 1. The minimum Gasteiger partial charge on any atom is -0.481 e. The zero-order valence-electron chi connectivity index (χ0n) is 19.0. The molecule has 0 radical (unpaired) electrons. The maximum absolute atomic E-state index is 12.9. The van der Waals surface area contributed by atoms with E-state index in [2.05, 4.69) is 29.6 Å². The van der Waals surface area contributed by atoms with Gasteiger partial charge < -0.3 is 24.8 Å². The van der Waals surface area contributed by atoms with E-state index >= 15 is 0 Å². The maximum Gasteiger partial charge on any atom is 0.407 e. The lowest BCUT2D eigenvalue weighted by Crippen LogP contribution is -2.65. The van der Waals surface area contributed by atoms with Gasteiger partial charge in [0, 0.05) is 25.6 Å². The number of ether oxygens (including phenoxy) is 2. The minimum absolute atomic E-state index is 0.0466. The number of hydrogen-bond acceptors (Lipinski definition) is 5. The molecule has 0 spiro atoms. The molecular weight excluding hydrogens is 436 g/mol. The van der Waals surface area contributed by atoms with Crippen LogP contribution < -0.4 is 5.32 Å². The van der Waals surface area contributed by atoms with Crippen LogP contribution in [-0.2, 0) is 19.1 Å². The van der Waals surface area contributed by atoms with Crippen LogP contribution in [-0.4, -0.2) is 66.4 Å². The van der Waals surface area contributed by atoms with Gasteiger partial charge in [-0.2, -0.15) is 0 Å². The molecule has 2 saturated heterocycles. The Balaban J connectivity index is 1.19. The molecule has 0 aromatic heterocycles. The fraction of sp³-hybridized carbons (Fsp3) is 0.423. The van der Waals surface area contributed by atoms with Gasteiger partial charge in [-0.3, -0.25) is 9.59 Å². The van der Waals surface area contributed by atoms with Gasteiger partial charge >= 0.3 is 12.1 Å². The Hall–Kier alpha value is -3.39. The third-order valence-electron chi connectivity index (χ3n) is 7.41. The maximum atomic E-state index is 12.9. The minimum atomic E-state index is -0.889. The number of carbonyl (C=O) groups excluding carboxylic acids is 2. The third-order valence-corrected chi connectivity index (χ3v) is 7.41. The van der Waals surface area contributed by atoms with Crippen LogP contribution in [0.2, 0.25) is 0 Å². The molecule has 178 valence electrons. The number of likely N-dealkylation sites (tertiary alicyclic amines) is 1. The first-order chi connectivity index (χ1) is 16.4. The van der Waals surface area contributed by atoms with Crippen LogP contribution in [0.4, 0.5) is 4.79 Å². The van der Waals surface area contributed by atoms with Crippen LogP contribution in [0.5, 0.6) is 0 Å². The SMILES string of the molecule is CCC1(C(=O)O)CN(C(=O)C2OCCC2NC(=O)OCC2c3ccccc3-c3ccccc32)C1. The van der Waals surface area contributed by atoms with Crippen molar-refractivity contribution in [2.75, 3.05) is 26.3 Å². The molecule has 2 N–H and O–H groups in total. The van der Waals surface area contributed by atoms with Gasteiger partial charge in [0.1, 0.15) is 12.0 Å². The molecule has 2 atom stereocenters. The molecule has 1 aliphatic carbocycles. The van der Waals surface area contributed by atoms with Crippen molar-refractivity contribution in [3.05, 3.63) is 59.7 Å². The summed E-state index contributed by atoms with van der Waals surface area (Å²) in [7, 11) is 0. The summed E-state index contributed by atoms with van der Waals surface area (Å²) in [5.74, 6) is -1.22. The van der Waals surface area contributed by atoms with Crippen molar-refractivity contribution < 1.29 is 29.0 Å². The first-order valence-corrected chi connectivity index (χ1v) is 11.7. The highest BCUT2D eigenvalue weighted by Crippen LogP contribution is 2.44. The standard InChI is InChI=1S/C26H28N2O6/c1-2-26(24(30)31)14-28(15-26)23(29)22-21(11-12-33-22)27-25(32)34-13-20-18-9-5-3-7-16(18)17-8-4-6-10-19(17)20/h3-10,20-22H,2,11-15H2,1H3,(H,27,32)(H,30,31). The lowest BCUT2D eigenvalue weighted by atomic mass is 9.77. The summed E-state index contributed by atoms with van der Waals surface area (Å²) in [5, 5.41) is 12.2. The summed E-state index contributed by atoms with van der Waals surface area (Å²) < 4.78 is 11.2. The summed E-state index contributed by atoms with van der Waals surface area (Å²) in [6.07, 6.45) is -0.470. The lowest BCUT2D eigenvalue weighted by molar-refractivity contribution is -0.170. The highest BCUT2D eigenvalue weighted by atomic mass is 16.6. The molecule has 34 heavy (non-hydrogen) atoms. The Morgan fingerprint density at radius 1 is 1.09 bits per heavy atom. The van der Waals surface area contributed by atoms with Gasteiger partial charge in [0.25, 0.3) is 5.91 Å². The zero-order valence-corrected chi connectivity index (χ0v) is 19.0. The van der Waals surface area contributed by atoms with Gasteiger partial charge in [-0.25, -0.2) is 4.79 Å². The van der Waals surface area contributed by atoms with Crippen LogP contribution >= 0.6 is 0 Å². The van der Waals surface area contributed by atoms with Crippen LogP contribution in [0.1, 0.15) is 36.8 Å². The van der Waals surface area contributed by atoms with Crippen molar-refractivity contribution in [2.45, 2.75) is 37.8 Å². The molecule has 0 bridgehead atoms. The Kier molecular flexibility index (Phi) is 5.77. The molecule has 5 rings (SSSR count). The summed E-state index contributed by atoms with van der Waals surface area (Å²) >= 11 is 0. The van der Waals surface area contributed by atoms with Crippen LogP contribution in [0.3, 0.4) is 0 Å². The predicted octanol–water partition coefficient (Wildman–Crippen LogP) is 3.01. The smallest absolute Gasteiger partial charge is 0.407 e. The Bertz CT molecular complexity index is 1080. The second-order valence-electron chi connectivity index (χ2n) is 9.29. The number of fused-ring (bicyclic) bond motifs is 3. The van der Waals surface area contributed by atoms with E-state index in [1.54, 1.807) is 0 Å². The van der Waals surface area contributed by atoms with Gasteiger partial charge in [-0.1, -0.05) is 55.5 Å². The number of amides is 2. The van der Waals surface area contributed by atoms with Gasteiger partial charge in [-0.15, -0.1) is 0 Å². The molecule has 2 aromatic rings. The molecule has 2 fully saturated rings. The summed E-state index contributed by atoms with van der Waals surface area (Å²) in [6, 6.07) is 15.7. The number of carboxylic acid groups (broad SMARTS) is 1. The van der Waals surface area contributed by atoms with Crippen molar-refractivity contribution in [1.29, 1.82) is 0 Å². The first-order valence-electron chi connectivity index (χ1n) is 11.7. The second kappa shape index (κ2) is 8.76. The Morgan fingerprint density at radius 3 is 2.29 bits per heavy atom. The average molecular weight is 465 g/mol. The van der Waals surface area contributed by atoms with Crippen LogP contribution in [0.15, 0.2) is 48.5 Å². The second-order valence-corrected chi connectivity index (χ2v) is 9.29. The van der Waals surface area contributed by atoms with Gasteiger partial charge in [-0.05, 0) is 35.1 Å². The fourth-order valence-corrected chi connectivity index (χ4v) is 5.30. The van der Waals surface area contributed by atoms with Crippen molar-refractivity contribution in [3.8, 4) is 11.1 Å². The molecule has 2 unspecified atom stereocenters. The van der Waals surface area contributed by atoms with Crippen LogP contribution in [0, 0.1) is 5.41 Å². The molecule has 2 amide bonds. The third kappa shape index (κ3) is 3.72. The molecule has 2 aromatic carbocycles. The topological polar surface area (TPSA) is 105 Å². The van der Waals surface area contributed by atoms with E-state index in [-0.39, 0.29) is 31.5 Å². The number of alkyl carbamates (subject to hydrolysis) is 1. The van der Waals surface area contributed by atoms with E-state index in [9.17, 15) is 19.5 Å². The van der Waals surface area contributed by atoms with Crippen LogP contribution in [0.25, 0.3) is 11.1 Å². The quantitative estimate of drug-likeness (QED) is 0.681. The zero-order chi connectivity index (χ0) is 23.9. The number of nitrogens with one attached hydrogen (secondary N) is 1. The summed E-state index contributed by atoms with van der Waals surface area (Å²) in [4.78, 5) is 38.6. The molecule has 8 nitrogen and oxygen atoms in total. The summed E-state index contributed by atoms with van der Waals surface area (Å²) in [5.41, 5.74) is 3.68. The lowest BCUT2D eigenvalue weighted by Gasteiger charge is -2.47. The monoisotopic (exact) mass is 464 g/mol. The van der Waals surface area contributed by atoms with Crippen molar-refractivity contribution in [1.82, 2.24) is 10.2 Å². The molecule has 3 aliphatic rings. The Morgan fingerprint density at radius 2 is 1.71 bits per heavy atom. The molecule has 2 heterocycles. The number of carbonyl (C=O) groups is 3. The Labute approximate surface area is 197 Å². The molecule has 2 aliphatic heterocycles. The first kappa shape index (κ1) is 22.4. The molecular formula is C26H28N2O6. The van der Waals surface area contributed by atoms with E-state index in [1.807, 2.05) is 31.2 Å². The molecule has 0 saturated carbocycles. The largest absolute Gasteiger partial charge is 0.481 e. The number of nitrogens with zero attached hydrogens (tertiary/aromatic N) is 1. The fourth-order valence-electron chi connectivity index (χ4n) is 5.30. The highest BCUT2D eigenvalue weighted by molar-refractivity contribution is 5.87. The van der Waals surface area contributed by atoms with Gasteiger partial charge in [0.2, 0.25) is 0 Å². The van der Waals surface area contributed by atoms with Crippen molar-refractivity contribution in [3.63, 3.8) is 0 Å². The number of rotatable bonds is 6. The number of benzene rings is 2. The van der Waals surface area contributed by atoms with E-state index in [0.717, 1.165) is 22.3 Å². The predicted molar refractivity (Wildman–Crippen MR) is 123 cm³/mol. The van der Waals surface area contributed by atoms with E-state index in [0.29, 0.717) is 19.4 Å². The van der Waals surface area contributed by atoms with Gasteiger partial charge in [0.15, 0.2) is 6.10 Å². The van der Waals surface area contributed by atoms with E-state index < -0.39 is 29.6 Å². The normalized spacial score (nSPS) is 22.4. The highest BCUT2D eigenvalue weighted by Gasteiger charge is 2.52. The number of aliphatic carboxylic acids is 1. The van der Waals surface area contributed by atoms with E-state index in [1.165, 1.54) is 4.90 Å². The van der Waals surface area contributed by atoms with Crippen molar-refractivity contribution >= 4 is 18.0 Å². The molecule has 8 heteroatoms. The van der Waals surface area contributed by atoms with Gasteiger partial charge in [0.05, 0.1) is 6.04 Å². The average Bonchev–Trinajstić information content (AvgIpc) is 3.39.